The SMILES string of the molecule is CC(O)CO.CCCCOCC(C)O. The molecule has 3 N–H and O–H groups in total. The second-order valence-electron chi connectivity index (χ2n) is 3.31. The molecule has 0 amide bonds. The highest BCUT2D eigenvalue weighted by molar-refractivity contribution is 4.40. The first-order valence-electron chi connectivity index (χ1n) is 5.09. The molecule has 0 heterocycles. The van der Waals surface area contributed by atoms with Crippen molar-refractivity contribution in [1.29, 1.82) is 0 Å². The van der Waals surface area contributed by atoms with Crippen LogP contribution in [0.25, 0.3) is 0 Å². The summed E-state index contributed by atoms with van der Waals surface area (Å²) in [6, 6.07) is 0. The summed E-state index contributed by atoms with van der Waals surface area (Å²) in [4.78, 5) is 0. The highest BCUT2D eigenvalue weighted by Gasteiger charge is 1.92. The monoisotopic (exact) mass is 208 g/mol. The van der Waals surface area contributed by atoms with Crippen molar-refractivity contribution < 1.29 is 20.1 Å². The highest BCUT2D eigenvalue weighted by atomic mass is 16.5. The van der Waals surface area contributed by atoms with Crippen molar-refractivity contribution in [2.45, 2.75) is 45.8 Å². The first kappa shape index (κ1) is 16.3. The van der Waals surface area contributed by atoms with Gasteiger partial charge in [0.25, 0.3) is 0 Å². The van der Waals surface area contributed by atoms with Crippen molar-refractivity contribution in [2.24, 2.45) is 0 Å². The predicted octanol–water partition coefficient (Wildman–Crippen LogP) is 0.543. The van der Waals surface area contributed by atoms with Crippen molar-refractivity contribution in [1.82, 2.24) is 0 Å². The van der Waals surface area contributed by atoms with E-state index in [1.165, 1.54) is 6.92 Å². The molecule has 0 bridgehead atoms. The Balaban J connectivity index is 0. The lowest BCUT2D eigenvalue weighted by Crippen LogP contribution is -2.10. The summed E-state index contributed by atoms with van der Waals surface area (Å²) in [5, 5.41) is 24.7. The van der Waals surface area contributed by atoms with Crippen molar-refractivity contribution in [3.05, 3.63) is 0 Å². The topological polar surface area (TPSA) is 69.9 Å². The summed E-state index contributed by atoms with van der Waals surface area (Å²) >= 11 is 0. The second kappa shape index (κ2) is 12.8. The van der Waals surface area contributed by atoms with Crippen LogP contribution in [0.2, 0.25) is 0 Å². The minimum Gasteiger partial charge on any atom is -0.394 e. The number of unbranched alkanes of at least 4 members (excludes halogenated alkanes) is 1. The molecule has 4 heteroatoms. The van der Waals surface area contributed by atoms with Crippen LogP contribution in [0.4, 0.5) is 0 Å². The second-order valence-corrected chi connectivity index (χ2v) is 3.31. The van der Waals surface area contributed by atoms with Gasteiger partial charge in [-0.25, -0.2) is 0 Å². The molecule has 0 aliphatic rings. The maximum absolute atomic E-state index is 8.73. The van der Waals surface area contributed by atoms with E-state index in [0.717, 1.165) is 19.4 Å². The summed E-state index contributed by atoms with van der Waals surface area (Å²) in [5.41, 5.74) is 0. The average Bonchev–Trinajstić information content (AvgIpc) is 2.13. The minimum atomic E-state index is -0.560. The van der Waals surface area contributed by atoms with E-state index in [1.807, 2.05) is 0 Å². The van der Waals surface area contributed by atoms with Crippen LogP contribution in [0.3, 0.4) is 0 Å². The molecule has 0 aromatic rings. The molecule has 0 aromatic heterocycles. The molecular weight excluding hydrogens is 184 g/mol. The molecule has 0 aliphatic heterocycles. The van der Waals surface area contributed by atoms with Crippen molar-refractivity contribution in [3.63, 3.8) is 0 Å². The molecule has 0 radical (unpaired) electrons. The van der Waals surface area contributed by atoms with Crippen LogP contribution < -0.4 is 0 Å². The molecule has 0 fully saturated rings. The zero-order valence-electron chi connectivity index (χ0n) is 9.44. The lowest BCUT2D eigenvalue weighted by atomic mass is 10.4. The minimum absolute atomic E-state index is 0.139. The van der Waals surface area contributed by atoms with Gasteiger partial charge < -0.3 is 20.1 Å². The smallest absolute Gasteiger partial charge is 0.0745 e. The maximum atomic E-state index is 8.73. The number of aliphatic hydroxyl groups excluding tert-OH is 3. The van der Waals surface area contributed by atoms with E-state index < -0.39 is 6.10 Å². The Morgan fingerprint density at radius 1 is 1.14 bits per heavy atom. The van der Waals surface area contributed by atoms with E-state index in [-0.39, 0.29) is 12.7 Å². The van der Waals surface area contributed by atoms with Crippen molar-refractivity contribution in [2.75, 3.05) is 19.8 Å². The molecule has 0 rings (SSSR count). The number of aliphatic hydroxyl groups is 3. The number of ether oxygens (including phenoxy) is 1. The van der Waals surface area contributed by atoms with Gasteiger partial charge in [0.2, 0.25) is 0 Å². The van der Waals surface area contributed by atoms with Crippen LogP contribution in [-0.4, -0.2) is 47.3 Å². The maximum Gasteiger partial charge on any atom is 0.0745 e. The summed E-state index contributed by atoms with van der Waals surface area (Å²) < 4.78 is 5.09. The van der Waals surface area contributed by atoms with E-state index in [2.05, 4.69) is 6.92 Å². The molecule has 4 nitrogen and oxygen atoms in total. The van der Waals surface area contributed by atoms with Crippen molar-refractivity contribution >= 4 is 0 Å². The fourth-order valence-electron chi connectivity index (χ4n) is 0.500. The summed E-state index contributed by atoms with van der Waals surface area (Å²) in [6.07, 6.45) is 1.36. The number of hydrogen-bond donors (Lipinski definition) is 3. The van der Waals surface area contributed by atoms with Crippen LogP contribution in [0.5, 0.6) is 0 Å². The van der Waals surface area contributed by atoms with E-state index in [4.69, 9.17) is 20.1 Å². The Bertz CT molecular complexity index is 94.1. The van der Waals surface area contributed by atoms with Gasteiger partial charge in [-0.3, -0.25) is 0 Å². The van der Waals surface area contributed by atoms with Crippen LogP contribution in [0, 0.1) is 0 Å². The first-order valence-corrected chi connectivity index (χ1v) is 5.09. The Hall–Kier alpha value is -0.160. The average molecular weight is 208 g/mol. The molecule has 88 valence electrons. The van der Waals surface area contributed by atoms with Gasteiger partial charge in [-0.2, -0.15) is 0 Å². The molecule has 0 saturated heterocycles. The van der Waals surface area contributed by atoms with E-state index in [1.54, 1.807) is 6.92 Å². The van der Waals surface area contributed by atoms with Crippen LogP contribution in [0.15, 0.2) is 0 Å². The third kappa shape index (κ3) is 22.6. The molecular formula is C10H24O4. The van der Waals surface area contributed by atoms with Gasteiger partial charge in [-0.1, -0.05) is 13.3 Å². The summed E-state index contributed by atoms with van der Waals surface area (Å²) in [5.74, 6) is 0. The van der Waals surface area contributed by atoms with E-state index in [9.17, 15) is 0 Å². The van der Waals surface area contributed by atoms with Gasteiger partial charge >= 0.3 is 0 Å². The van der Waals surface area contributed by atoms with E-state index in [0.29, 0.717) is 6.61 Å². The quantitative estimate of drug-likeness (QED) is 0.557. The highest BCUT2D eigenvalue weighted by Crippen LogP contribution is 1.89. The zero-order valence-corrected chi connectivity index (χ0v) is 9.44. The molecule has 2 unspecified atom stereocenters. The summed E-state index contributed by atoms with van der Waals surface area (Å²) in [6.45, 7) is 6.49. The van der Waals surface area contributed by atoms with Gasteiger partial charge in [0.15, 0.2) is 0 Å². The third-order valence-electron chi connectivity index (χ3n) is 1.27. The lowest BCUT2D eigenvalue weighted by molar-refractivity contribution is 0.0450. The van der Waals surface area contributed by atoms with Crippen LogP contribution >= 0.6 is 0 Å². The standard InChI is InChI=1S/C7H16O2.C3H8O2/c1-3-4-5-9-6-7(2)8;1-3(5)2-4/h7-8H,3-6H2,1-2H3;3-5H,2H2,1H3. The Kier molecular flexibility index (Phi) is 14.9. The molecule has 0 aromatic carbocycles. The third-order valence-corrected chi connectivity index (χ3v) is 1.27. The Morgan fingerprint density at radius 3 is 1.93 bits per heavy atom. The van der Waals surface area contributed by atoms with Gasteiger partial charge in [-0.15, -0.1) is 0 Å². The zero-order chi connectivity index (χ0) is 11.4. The molecule has 0 aliphatic carbocycles. The van der Waals surface area contributed by atoms with Crippen LogP contribution in [0.1, 0.15) is 33.6 Å². The normalized spacial score (nSPS) is 14.1. The fraction of sp³-hybridized carbons (Fsp3) is 1.00. The fourth-order valence-corrected chi connectivity index (χ4v) is 0.500. The predicted molar refractivity (Wildman–Crippen MR) is 56.2 cm³/mol. The largest absolute Gasteiger partial charge is 0.394 e. The van der Waals surface area contributed by atoms with Gasteiger partial charge in [0.05, 0.1) is 25.4 Å². The van der Waals surface area contributed by atoms with Gasteiger partial charge in [-0.05, 0) is 20.3 Å². The summed E-state index contributed by atoms with van der Waals surface area (Å²) in [7, 11) is 0. The lowest BCUT2D eigenvalue weighted by Gasteiger charge is -2.03. The molecule has 0 saturated carbocycles. The van der Waals surface area contributed by atoms with Crippen molar-refractivity contribution in [3.8, 4) is 0 Å². The van der Waals surface area contributed by atoms with Gasteiger partial charge in [0.1, 0.15) is 0 Å². The molecule has 0 spiro atoms. The van der Waals surface area contributed by atoms with Crippen LogP contribution in [-0.2, 0) is 4.74 Å². The van der Waals surface area contributed by atoms with Gasteiger partial charge in [0, 0.05) is 6.61 Å². The first-order chi connectivity index (χ1) is 6.54. The number of hydrogen-bond acceptors (Lipinski definition) is 4. The number of rotatable bonds is 6. The Labute approximate surface area is 86.5 Å². The molecule has 2 atom stereocenters. The molecule has 14 heavy (non-hydrogen) atoms. The van der Waals surface area contributed by atoms with E-state index >= 15 is 0 Å². The Morgan fingerprint density at radius 2 is 1.64 bits per heavy atom.